The Balaban J connectivity index is 2.39. The molecule has 2 aliphatic carbocycles. The maximum absolute atomic E-state index is 11.5. The first kappa shape index (κ1) is 20.2. The van der Waals surface area contributed by atoms with E-state index >= 15 is 0 Å². The maximum atomic E-state index is 11.5. The summed E-state index contributed by atoms with van der Waals surface area (Å²) in [5, 5.41) is 0. The fourth-order valence-corrected chi connectivity index (χ4v) is 4.22. The van der Waals surface area contributed by atoms with Crippen LogP contribution in [0.3, 0.4) is 0 Å². The average Bonchev–Trinajstić information content (AvgIpc) is 2.55. The second-order valence-corrected chi connectivity index (χ2v) is 7.36. The molecule has 0 aliphatic heterocycles. The molecule has 2 rings (SSSR count). The van der Waals surface area contributed by atoms with Gasteiger partial charge in [-0.1, -0.05) is 18.6 Å². The average molecular weight is 364 g/mol. The number of carbonyl (C=O) groups excluding carboxylic acids is 3. The van der Waals surface area contributed by atoms with Gasteiger partial charge in [-0.2, -0.15) is 0 Å². The van der Waals surface area contributed by atoms with Crippen LogP contribution in [0.25, 0.3) is 0 Å². The zero-order chi connectivity index (χ0) is 19.4. The van der Waals surface area contributed by atoms with Crippen molar-refractivity contribution in [3.63, 3.8) is 0 Å². The molecular formula is C20H28O6. The van der Waals surface area contributed by atoms with Gasteiger partial charge in [0.25, 0.3) is 6.47 Å². The molecule has 5 unspecified atom stereocenters. The molecule has 0 radical (unpaired) electrons. The quantitative estimate of drug-likeness (QED) is 0.323. The lowest BCUT2D eigenvalue weighted by molar-refractivity contribution is -0.152. The van der Waals surface area contributed by atoms with Gasteiger partial charge in [-0.3, -0.25) is 14.4 Å². The van der Waals surface area contributed by atoms with E-state index in [0.717, 1.165) is 16.7 Å². The Labute approximate surface area is 154 Å². The summed E-state index contributed by atoms with van der Waals surface area (Å²) < 4.78 is 16.0. The van der Waals surface area contributed by atoms with Gasteiger partial charge < -0.3 is 14.2 Å². The van der Waals surface area contributed by atoms with Crippen molar-refractivity contribution in [1.29, 1.82) is 0 Å². The Morgan fingerprint density at radius 2 is 1.85 bits per heavy atom. The maximum Gasteiger partial charge on any atom is 0.303 e. The van der Waals surface area contributed by atoms with Gasteiger partial charge in [-0.15, -0.1) is 0 Å². The van der Waals surface area contributed by atoms with Crippen molar-refractivity contribution in [3.05, 3.63) is 22.8 Å². The number of carbonyl (C=O) groups is 3. The van der Waals surface area contributed by atoms with Gasteiger partial charge in [-0.05, 0) is 43.3 Å². The largest absolute Gasteiger partial charge is 0.463 e. The summed E-state index contributed by atoms with van der Waals surface area (Å²) in [5.41, 5.74) is 3.15. The van der Waals surface area contributed by atoms with Gasteiger partial charge >= 0.3 is 11.9 Å². The zero-order valence-corrected chi connectivity index (χ0v) is 16.1. The van der Waals surface area contributed by atoms with E-state index in [1.165, 1.54) is 13.8 Å². The van der Waals surface area contributed by atoms with Gasteiger partial charge in [-0.25, -0.2) is 0 Å². The van der Waals surface area contributed by atoms with Crippen molar-refractivity contribution in [3.8, 4) is 0 Å². The lowest BCUT2D eigenvalue weighted by Crippen LogP contribution is -2.44. The first-order valence-electron chi connectivity index (χ1n) is 9.01. The van der Waals surface area contributed by atoms with Gasteiger partial charge in [0.15, 0.2) is 0 Å². The fourth-order valence-electron chi connectivity index (χ4n) is 4.22. The van der Waals surface area contributed by atoms with Crippen LogP contribution in [-0.4, -0.2) is 37.2 Å². The van der Waals surface area contributed by atoms with Crippen molar-refractivity contribution in [2.45, 2.75) is 59.7 Å². The summed E-state index contributed by atoms with van der Waals surface area (Å²) in [4.78, 5) is 33.5. The van der Waals surface area contributed by atoms with E-state index in [1.54, 1.807) is 0 Å². The van der Waals surface area contributed by atoms with E-state index in [-0.39, 0.29) is 48.5 Å². The lowest BCUT2D eigenvalue weighted by Gasteiger charge is -2.46. The third kappa shape index (κ3) is 4.54. The summed E-state index contributed by atoms with van der Waals surface area (Å²) in [6.07, 6.45) is 2.98. The molecule has 1 fully saturated rings. The first-order valence-corrected chi connectivity index (χ1v) is 9.01. The first-order chi connectivity index (χ1) is 12.2. The third-order valence-corrected chi connectivity index (χ3v) is 5.52. The molecule has 0 aromatic carbocycles. The molecular weight excluding hydrogens is 336 g/mol. The molecule has 0 aromatic heterocycles. The highest BCUT2D eigenvalue weighted by Gasteiger charge is 2.44. The highest BCUT2D eigenvalue weighted by molar-refractivity contribution is 5.67. The van der Waals surface area contributed by atoms with E-state index in [0.29, 0.717) is 19.3 Å². The van der Waals surface area contributed by atoms with Crippen molar-refractivity contribution in [2.75, 3.05) is 6.61 Å². The third-order valence-electron chi connectivity index (χ3n) is 5.52. The molecule has 1 saturated carbocycles. The summed E-state index contributed by atoms with van der Waals surface area (Å²) >= 11 is 0. The van der Waals surface area contributed by atoms with Crippen LogP contribution >= 0.6 is 0 Å². The van der Waals surface area contributed by atoms with Crippen molar-refractivity contribution in [1.82, 2.24) is 0 Å². The standard InChI is InChI=1S/C20H28O6/c1-11-6-18-16(12(2)9-24-10-21)7-20(26-15(5)23)13(3)17(18)8-19(11)25-14(4)22/h6,10,13,17-20H,7-9H2,1-5H3. The predicted octanol–water partition coefficient (Wildman–Crippen LogP) is 2.96. The molecule has 0 N–H and O–H groups in total. The Bertz CT molecular complexity index is 632. The number of allylic oxidation sites excluding steroid dienone is 1. The molecule has 0 amide bonds. The van der Waals surface area contributed by atoms with Gasteiger partial charge in [0.05, 0.1) is 0 Å². The second kappa shape index (κ2) is 8.52. The highest BCUT2D eigenvalue weighted by atomic mass is 16.5. The predicted molar refractivity (Wildman–Crippen MR) is 95.0 cm³/mol. The van der Waals surface area contributed by atoms with Crippen LogP contribution in [0, 0.1) is 17.8 Å². The molecule has 6 nitrogen and oxygen atoms in total. The Kier molecular flexibility index (Phi) is 6.62. The van der Waals surface area contributed by atoms with Crippen LogP contribution < -0.4 is 0 Å². The van der Waals surface area contributed by atoms with Crippen LogP contribution in [0.15, 0.2) is 22.8 Å². The summed E-state index contributed by atoms with van der Waals surface area (Å²) in [5.74, 6) is -0.121. The minimum Gasteiger partial charge on any atom is -0.463 e. The minimum atomic E-state index is -0.305. The molecule has 26 heavy (non-hydrogen) atoms. The second-order valence-electron chi connectivity index (χ2n) is 7.36. The molecule has 144 valence electrons. The van der Waals surface area contributed by atoms with Gasteiger partial charge in [0.2, 0.25) is 0 Å². The number of hydrogen-bond donors (Lipinski definition) is 0. The molecule has 2 aliphatic rings. The van der Waals surface area contributed by atoms with E-state index in [1.807, 2.05) is 13.8 Å². The number of hydrogen-bond acceptors (Lipinski definition) is 6. The summed E-state index contributed by atoms with van der Waals surface area (Å²) in [7, 11) is 0. The number of esters is 2. The van der Waals surface area contributed by atoms with Crippen molar-refractivity contribution in [2.24, 2.45) is 17.8 Å². The van der Waals surface area contributed by atoms with E-state index < -0.39 is 0 Å². The molecule has 0 saturated heterocycles. The van der Waals surface area contributed by atoms with Crippen LogP contribution in [-0.2, 0) is 28.6 Å². The van der Waals surface area contributed by atoms with E-state index in [2.05, 4.69) is 13.0 Å². The molecule has 0 bridgehead atoms. The van der Waals surface area contributed by atoms with Gasteiger partial charge in [0, 0.05) is 26.2 Å². The zero-order valence-electron chi connectivity index (χ0n) is 16.1. The topological polar surface area (TPSA) is 78.9 Å². The van der Waals surface area contributed by atoms with E-state index in [4.69, 9.17) is 14.2 Å². The molecule has 0 heterocycles. The van der Waals surface area contributed by atoms with Crippen LogP contribution in [0.2, 0.25) is 0 Å². The molecule has 5 atom stereocenters. The van der Waals surface area contributed by atoms with Crippen LogP contribution in [0.1, 0.15) is 47.5 Å². The number of rotatable bonds is 5. The monoisotopic (exact) mass is 364 g/mol. The molecule has 0 spiro atoms. The minimum absolute atomic E-state index is 0.134. The van der Waals surface area contributed by atoms with Crippen LogP contribution in [0.4, 0.5) is 0 Å². The summed E-state index contributed by atoms with van der Waals surface area (Å²) in [6.45, 7) is 9.49. The molecule has 6 heteroatoms. The molecule has 0 aromatic rings. The smallest absolute Gasteiger partial charge is 0.303 e. The van der Waals surface area contributed by atoms with Crippen LogP contribution in [0.5, 0.6) is 0 Å². The number of ether oxygens (including phenoxy) is 3. The number of fused-ring (bicyclic) bond motifs is 1. The Morgan fingerprint density at radius 3 is 2.42 bits per heavy atom. The summed E-state index contributed by atoms with van der Waals surface area (Å²) in [6, 6.07) is 0. The Hall–Kier alpha value is -2.11. The SMILES string of the molecule is CC(=O)OC1CC2C(C=C1C)C(=C(C)COC=O)CC(OC(C)=O)C2C. The van der Waals surface area contributed by atoms with E-state index in [9.17, 15) is 14.4 Å². The highest BCUT2D eigenvalue weighted by Crippen LogP contribution is 2.48. The fraction of sp³-hybridized carbons (Fsp3) is 0.650. The van der Waals surface area contributed by atoms with Crippen molar-refractivity contribution < 1.29 is 28.6 Å². The Morgan fingerprint density at radius 1 is 1.19 bits per heavy atom. The normalized spacial score (nSPS) is 32.7. The van der Waals surface area contributed by atoms with Crippen molar-refractivity contribution >= 4 is 18.4 Å². The van der Waals surface area contributed by atoms with Gasteiger partial charge in [0.1, 0.15) is 18.8 Å². The lowest BCUT2D eigenvalue weighted by atomic mass is 9.62.